The number of carbonyl (C=O) groups is 2. The normalized spacial score (nSPS) is 16.4. The van der Waals surface area contributed by atoms with Gasteiger partial charge in [-0.05, 0) is 18.2 Å². The second-order valence-electron chi connectivity index (χ2n) is 6.53. The number of carbonyl (C=O) groups excluding carboxylic acids is 2. The van der Waals surface area contributed by atoms with Gasteiger partial charge in [-0.2, -0.15) is 0 Å². The smallest absolute Gasteiger partial charge is 0.257 e. The number of anilines is 1. The standard InChI is InChI=1S/C21H20N4O2/c1-22-18(26)13-25-17-11-4-3-9-15(17)21(27)24(2)20(25)16-10-5-7-14-8-6-12-23-19(14)16/h3-12,20H,13H2,1-2H3,(H,22,26). The van der Waals surface area contributed by atoms with Crippen LogP contribution in [0.25, 0.3) is 10.9 Å². The van der Waals surface area contributed by atoms with Gasteiger partial charge >= 0.3 is 0 Å². The Kier molecular flexibility index (Phi) is 4.24. The van der Waals surface area contributed by atoms with Crippen LogP contribution in [0.2, 0.25) is 0 Å². The molecule has 1 aromatic heterocycles. The Bertz CT molecular complexity index is 1030. The zero-order valence-corrected chi connectivity index (χ0v) is 15.2. The highest BCUT2D eigenvalue weighted by atomic mass is 16.2. The molecule has 1 N–H and O–H groups in total. The number of nitrogens with zero attached hydrogens (tertiary/aromatic N) is 3. The number of amides is 2. The lowest BCUT2D eigenvalue weighted by atomic mass is 9.99. The van der Waals surface area contributed by atoms with Crippen molar-refractivity contribution < 1.29 is 9.59 Å². The number of aromatic nitrogens is 1. The van der Waals surface area contributed by atoms with Crippen LogP contribution in [0.3, 0.4) is 0 Å². The third-order valence-corrected chi connectivity index (χ3v) is 4.96. The topological polar surface area (TPSA) is 65.5 Å². The van der Waals surface area contributed by atoms with E-state index >= 15 is 0 Å². The lowest BCUT2D eigenvalue weighted by Crippen LogP contribution is -2.50. The Balaban J connectivity index is 1.93. The number of pyridine rings is 1. The Morgan fingerprint density at radius 2 is 1.89 bits per heavy atom. The second kappa shape index (κ2) is 6.72. The average Bonchev–Trinajstić information content (AvgIpc) is 2.71. The Morgan fingerprint density at radius 1 is 1.11 bits per heavy atom. The highest BCUT2D eigenvalue weighted by Crippen LogP contribution is 2.39. The summed E-state index contributed by atoms with van der Waals surface area (Å²) in [5.41, 5.74) is 3.06. The molecule has 2 heterocycles. The van der Waals surface area contributed by atoms with Crippen molar-refractivity contribution in [1.29, 1.82) is 0 Å². The second-order valence-corrected chi connectivity index (χ2v) is 6.53. The van der Waals surface area contributed by atoms with Crippen molar-refractivity contribution in [1.82, 2.24) is 15.2 Å². The van der Waals surface area contributed by atoms with E-state index in [4.69, 9.17) is 0 Å². The summed E-state index contributed by atoms with van der Waals surface area (Å²) in [5.74, 6) is -0.192. The molecule has 1 aliphatic rings. The minimum Gasteiger partial charge on any atom is -0.358 e. The summed E-state index contributed by atoms with van der Waals surface area (Å²) in [6.07, 6.45) is 1.32. The fraction of sp³-hybridized carbons (Fsp3) is 0.190. The van der Waals surface area contributed by atoms with Gasteiger partial charge in [-0.1, -0.05) is 36.4 Å². The van der Waals surface area contributed by atoms with Crippen molar-refractivity contribution in [2.24, 2.45) is 0 Å². The van der Waals surface area contributed by atoms with Crippen LogP contribution in [0.1, 0.15) is 22.1 Å². The van der Waals surface area contributed by atoms with Crippen LogP contribution in [0, 0.1) is 0 Å². The Morgan fingerprint density at radius 3 is 2.70 bits per heavy atom. The molecule has 2 amide bonds. The zero-order valence-electron chi connectivity index (χ0n) is 15.2. The first-order valence-corrected chi connectivity index (χ1v) is 8.79. The molecule has 0 saturated carbocycles. The molecule has 0 aliphatic carbocycles. The van der Waals surface area contributed by atoms with Gasteiger partial charge in [-0.25, -0.2) is 0 Å². The van der Waals surface area contributed by atoms with Crippen LogP contribution in [0.15, 0.2) is 60.8 Å². The molecule has 1 unspecified atom stereocenters. The minimum atomic E-state index is -0.428. The largest absolute Gasteiger partial charge is 0.358 e. The number of likely N-dealkylation sites (N-methyl/N-ethyl adjacent to an activating group) is 1. The maximum absolute atomic E-state index is 13.0. The van der Waals surface area contributed by atoms with E-state index in [0.717, 1.165) is 22.2 Å². The van der Waals surface area contributed by atoms with E-state index in [1.54, 1.807) is 31.3 Å². The summed E-state index contributed by atoms with van der Waals surface area (Å²) in [5, 5.41) is 3.67. The van der Waals surface area contributed by atoms with Gasteiger partial charge in [0, 0.05) is 31.2 Å². The molecule has 0 bridgehead atoms. The first-order chi connectivity index (χ1) is 13.1. The quantitative estimate of drug-likeness (QED) is 0.780. The third-order valence-electron chi connectivity index (χ3n) is 4.96. The summed E-state index contributed by atoms with van der Waals surface area (Å²) in [6, 6.07) is 17.2. The zero-order chi connectivity index (χ0) is 19.0. The van der Waals surface area contributed by atoms with Crippen molar-refractivity contribution in [2.45, 2.75) is 6.17 Å². The molecule has 6 heteroatoms. The van der Waals surface area contributed by atoms with E-state index in [2.05, 4.69) is 10.3 Å². The Hall–Kier alpha value is -3.41. The van der Waals surface area contributed by atoms with Crippen molar-refractivity contribution in [3.8, 4) is 0 Å². The van der Waals surface area contributed by atoms with E-state index in [-0.39, 0.29) is 18.4 Å². The van der Waals surface area contributed by atoms with E-state index in [9.17, 15) is 9.59 Å². The summed E-state index contributed by atoms with van der Waals surface area (Å²) in [4.78, 5) is 33.4. The van der Waals surface area contributed by atoms with Crippen molar-refractivity contribution >= 4 is 28.4 Å². The molecular formula is C21H20N4O2. The van der Waals surface area contributed by atoms with Crippen LogP contribution >= 0.6 is 0 Å². The van der Waals surface area contributed by atoms with Gasteiger partial charge < -0.3 is 15.1 Å². The number of benzene rings is 2. The minimum absolute atomic E-state index is 0.0725. The lowest BCUT2D eigenvalue weighted by molar-refractivity contribution is -0.119. The molecule has 0 spiro atoms. The SMILES string of the molecule is CNC(=O)CN1c2ccccc2C(=O)N(C)C1c1cccc2cccnc12. The molecule has 2 aromatic carbocycles. The number of para-hydroxylation sites is 2. The van der Waals surface area contributed by atoms with E-state index < -0.39 is 6.17 Å². The average molecular weight is 360 g/mol. The van der Waals surface area contributed by atoms with Crippen LogP contribution in [0.4, 0.5) is 5.69 Å². The van der Waals surface area contributed by atoms with Gasteiger partial charge in [-0.15, -0.1) is 0 Å². The lowest BCUT2D eigenvalue weighted by Gasteiger charge is -2.44. The van der Waals surface area contributed by atoms with Gasteiger partial charge in [0.15, 0.2) is 0 Å². The number of hydrogen-bond donors (Lipinski definition) is 1. The van der Waals surface area contributed by atoms with Gasteiger partial charge in [0.05, 0.1) is 23.3 Å². The monoisotopic (exact) mass is 360 g/mol. The van der Waals surface area contributed by atoms with E-state index in [1.807, 2.05) is 53.4 Å². The van der Waals surface area contributed by atoms with Crippen LogP contribution in [0.5, 0.6) is 0 Å². The fourth-order valence-electron chi connectivity index (χ4n) is 3.66. The van der Waals surface area contributed by atoms with Gasteiger partial charge in [-0.3, -0.25) is 14.6 Å². The predicted octanol–water partition coefficient (Wildman–Crippen LogP) is 2.57. The Labute approximate surface area is 157 Å². The van der Waals surface area contributed by atoms with Crippen LogP contribution in [-0.4, -0.2) is 42.3 Å². The maximum Gasteiger partial charge on any atom is 0.257 e. The number of hydrogen-bond acceptors (Lipinski definition) is 4. The molecular weight excluding hydrogens is 340 g/mol. The van der Waals surface area contributed by atoms with Crippen LogP contribution < -0.4 is 10.2 Å². The van der Waals surface area contributed by atoms with Gasteiger partial charge in [0.25, 0.3) is 5.91 Å². The van der Waals surface area contributed by atoms with Crippen molar-refractivity contribution in [3.63, 3.8) is 0 Å². The first kappa shape index (κ1) is 17.0. The summed E-state index contributed by atoms with van der Waals surface area (Å²) >= 11 is 0. The van der Waals surface area contributed by atoms with Gasteiger partial charge in [0.2, 0.25) is 5.91 Å². The third kappa shape index (κ3) is 2.79. The molecule has 6 nitrogen and oxygen atoms in total. The first-order valence-electron chi connectivity index (χ1n) is 8.79. The summed E-state index contributed by atoms with van der Waals surface area (Å²) in [7, 11) is 3.38. The molecule has 0 radical (unpaired) electrons. The fourth-order valence-corrected chi connectivity index (χ4v) is 3.66. The van der Waals surface area contributed by atoms with Crippen molar-refractivity contribution in [2.75, 3.05) is 25.5 Å². The predicted molar refractivity (Wildman–Crippen MR) is 104 cm³/mol. The number of fused-ring (bicyclic) bond motifs is 2. The van der Waals surface area contributed by atoms with Gasteiger partial charge in [0.1, 0.15) is 6.17 Å². The highest BCUT2D eigenvalue weighted by Gasteiger charge is 2.37. The number of nitrogens with one attached hydrogen (secondary N) is 1. The molecule has 4 rings (SSSR count). The summed E-state index contributed by atoms with van der Waals surface area (Å²) < 4.78 is 0. The maximum atomic E-state index is 13.0. The highest BCUT2D eigenvalue weighted by molar-refractivity contribution is 6.03. The van der Waals surface area contributed by atoms with Crippen molar-refractivity contribution in [3.05, 3.63) is 71.9 Å². The van der Waals surface area contributed by atoms with E-state index in [0.29, 0.717) is 5.56 Å². The number of rotatable bonds is 3. The molecule has 3 aromatic rings. The summed E-state index contributed by atoms with van der Waals surface area (Å²) in [6.45, 7) is 0.138. The molecule has 1 aliphatic heterocycles. The molecule has 0 fully saturated rings. The molecule has 136 valence electrons. The molecule has 1 atom stereocenters. The van der Waals surface area contributed by atoms with E-state index in [1.165, 1.54) is 0 Å². The van der Waals surface area contributed by atoms with Crippen LogP contribution in [-0.2, 0) is 4.79 Å². The molecule has 0 saturated heterocycles. The molecule has 27 heavy (non-hydrogen) atoms.